The number of anilines is 2. The van der Waals surface area contributed by atoms with Gasteiger partial charge in [-0.1, -0.05) is 48.0 Å². The zero-order chi connectivity index (χ0) is 18.4. The minimum Gasteiger partial charge on any atom is -0.354 e. The van der Waals surface area contributed by atoms with Crippen LogP contribution in [0.2, 0.25) is 5.02 Å². The lowest BCUT2D eigenvalue weighted by atomic mass is 10.1. The average molecular weight is 366 g/mol. The van der Waals surface area contributed by atoms with Crippen LogP contribution in [0, 0.1) is 6.92 Å². The number of amides is 1. The number of nitrogens with zero attached hydrogens (tertiary/aromatic N) is 1. The molecule has 0 aliphatic heterocycles. The van der Waals surface area contributed by atoms with Crippen LogP contribution in [-0.4, -0.2) is 17.4 Å². The lowest BCUT2D eigenvalue weighted by Gasteiger charge is -2.11. The quantitative estimate of drug-likeness (QED) is 0.662. The largest absolute Gasteiger partial charge is 0.354 e. The van der Waals surface area contributed by atoms with Gasteiger partial charge in [0.2, 0.25) is 0 Å². The van der Waals surface area contributed by atoms with Gasteiger partial charge >= 0.3 is 0 Å². The number of nitrogens with one attached hydrogen (secondary N) is 2. The van der Waals surface area contributed by atoms with Crippen molar-refractivity contribution >= 4 is 28.9 Å². The van der Waals surface area contributed by atoms with Gasteiger partial charge < -0.3 is 10.6 Å². The maximum Gasteiger partial charge on any atom is 0.252 e. The number of aromatic nitrogens is 1. The molecular formula is C21H20ClN3O. The molecule has 132 valence electrons. The number of rotatable bonds is 6. The van der Waals surface area contributed by atoms with Crippen molar-refractivity contribution in [1.82, 2.24) is 10.3 Å². The van der Waals surface area contributed by atoms with Crippen molar-refractivity contribution in [2.45, 2.75) is 13.3 Å². The Bertz CT molecular complexity index is 897. The Balaban J connectivity index is 1.63. The Morgan fingerprint density at radius 2 is 1.88 bits per heavy atom. The summed E-state index contributed by atoms with van der Waals surface area (Å²) in [6.45, 7) is 2.52. The van der Waals surface area contributed by atoms with Gasteiger partial charge in [-0.2, -0.15) is 0 Å². The van der Waals surface area contributed by atoms with E-state index in [0.717, 1.165) is 23.4 Å². The van der Waals surface area contributed by atoms with Crippen molar-refractivity contribution in [2.24, 2.45) is 0 Å². The van der Waals surface area contributed by atoms with E-state index < -0.39 is 0 Å². The molecule has 0 saturated carbocycles. The molecule has 4 nitrogen and oxygen atoms in total. The summed E-state index contributed by atoms with van der Waals surface area (Å²) in [5, 5.41) is 6.89. The van der Waals surface area contributed by atoms with Crippen LogP contribution in [0.4, 0.5) is 11.4 Å². The van der Waals surface area contributed by atoms with E-state index in [1.54, 1.807) is 18.5 Å². The molecule has 0 fully saturated rings. The second kappa shape index (κ2) is 8.50. The van der Waals surface area contributed by atoms with Gasteiger partial charge in [0.25, 0.3) is 5.91 Å². The molecule has 26 heavy (non-hydrogen) atoms. The summed E-state index contributed by atoms with van der Waals surface area (Å²) in [7, 11) is 0. The number of benzene rings is 2. The Labute approximate surface area is 158 Å². The maximum absolute atomic E-state index is 12.4. The van der Waals surface area contributed by atoms with Gasteiger partial charge in [-0.25, -0.2) is 0 Å². The van der Waals surface area contributed by atoms with Gasteiger partial charge in [0, 0.05) is 23.5 Å². The molecule has 0 atom stereocenters. The first-order chi connectivity index (χ1) is 12.6. The van der Waals surface area contributed by atoms with E-state index in [9.17, 15) is 4.79 Å². The van der Waals surface area contributed by atoms with Crippen LogP contribution >= 0.6 is 11.6 Å². The van der Waals surface area contributed by atoms with Crippen molar-refractivity contribution in [2.75, 3.05) is 11.9 Å². The smallest absolute Gasteiger partial charge is 0.252 e. The fourth-order valence-corrected chi connectivity index (χ4v) is 2.77. The molecule has 0 radical (unpaired) electrons. The second-order valence-corrected chi connectivity index (χ2v) is 6.40. The number of hydrogen-bond acceptors (Lipinski definition) is 3. The molecule has 1 heterocycles. The molecule has 2 aromatic carbocycles. The van der Waals surface area contributed by atoms with Crippen molar-refractivity contribution in [1.29, 1.82) is 0 Å². The van der Waals surface area contributed by atoms with Gasteiger partial charge in [0.1, 0.15) is 0 Å². The predicted octanol–water partition coefficient (Wildman–Crippen LogP) is 4.76. The first-order valence-corrected chi connectivity index (χ1v) is 8.80. The third kappa shape index (κ3) is 4.61. The van der Waals surface area contributed by atoms with E-state index in [0.29, 0.717) is 17.1 Å². The SMILES string of the molecule is Cc1c(Cl)cccc1Nc1cncc(C(=O)NCCc2ccccc2)c1. The summed E-state index contributed by atoms with van der Waals surface area (Å²) < 4.78 is 0. The molecule has 0 aliphatic rings. The summed E-state index contributed by atoms with van der Waals surface area (Å²) in [4.78, 5) is 16.5. The highest BCUT2D eigenvalue weighted by atomic mass is 35.5. The molecule has 5 heteroatoms. The fourth-order valence-electron chi connectivity index (χ4n) is 2.60. The van der Waals surface area contributed by atoms with Gasteiger partial charge in [-0.3, -0.25) is 9.78 Å². The zero-order valence-corrected chi connectivity index (χ0v) is 15.3. The molecule has 2 N–H and O–H groups in total. The van der Waals surface area contributed by atoms with Gasteiger partial charge in [0.15, 0.2) is 0 Å². The van der Waals surface area contributed by atoms with E-state index in [4.69, 9.17) is 11.6 Å². The first kappa shape index (κ1) is 18.0. The van der Waals surface area contributed by atoms with Crippen LogP contribution in [0.3, 0.4) is 0 Å². The van der Waals surface area contributed by atoms with E-state index >= 15 is 0 Å². The van der Waals surface area contributed by atoms with Crippen LogP contribution in [0.15, 0.2) is 67.0 Å². The predicted molar refractivity (Wildman–Crippen MR) is 106 cm³/mol. The topological polar surface area (TPSA) is 54.0 Å². The third-order valence-corrected chi connectivity index (χ3v) is 4.50. The second-order valence-electron chi connectivity index (χ2n) is 5.99. The normalized spacial score (nSPS) is 10.4. The fraction of sp³-hybridized carbons (Fsp3) is 0.143. The molecule has 3 aromatic rings. The number of pyridine rings is 1. The highest BCUT2D eigenvalue weighted by Crippen LogP contribution is 2.26. The van der Waals surface area contributed by atoms with Crippen molar-refractivity contribution in [3.05, 3.63) is 88.7 Å². The number of hydrogen-bond donors (Lipinski definition) is 2. The standard InChI is InChI=1S/C21H20ClN3O/c1-15-19(22)8-5-9-20(15)25-18-12-17(13-23-14-18)21(26)24-11-10-16-6-3-2-4-7-16/h2-9,12-14,25H,10-11H2,1H3,(H,24,26). The molecule has 1 aromatic heterocycles. The van der Waals surface area contributed by atoms with Gasteiger partial charge in [-0.15, -0.1) is 0 Å². The Morgan fingerprint density at radius 1 is 1.08 bits per heavy atom. The lowest BCUT2D eigenvalue weighted by Crippen LogP contribution is -2.25. The summed E-state index contributed by atoms with van der Waals surface area (Å²) in [5.41, 5.74) is 4.29. The zero-order valence-electron chi connectivity index (χ0n) is 14.5. The van der Waals surface area contributed by atoms with Crippen LogP contribution < -0.4 is 10.6 Å². The molecule has 0 spiro atoms. The summed E-state index contributed by atoms with van der Waals surface area (Å²) in [6, 6.07) is 17.5. The first-order valence-electron chi connectivity index (χ1n) is 8.43. The van der Waals surface area contributed by atoms with Crippen molar-refractivity contribution in [3.63, 3.8) is 0 Å². The molecular weight excluding hydrogens is 346 g/mol. The summed E-state index contributed by atoms with van der Waals surface area (Å²) in [5.74, 6) is -0.139. The van der Waals surface area contributed by atoms with Crippen molar-refractivity contribution < 1.29 is 4.79 Å². The molecule has 1 amide bonds. The van der Waals surface area contributed by atoms with E-state index in [2.05, 4.69) is 15.6 Å². The highest BCUT2D eigenvalue weighted by molar-refractivity contribution is 6.31. The third-order valence-electron chi connectivity index (χ3n) is 4.09. The van der Waals surface area contributed by atoms with E-state index in [1.165, 1.54) is 5.56 Å². The molecule has 0 unspecified atom stereocenters. The van der Waals surface area contributed by atoms with Gasteiger partial charge in [-0.05, 0) is 42.7 Å². The molecule has 0 bridgehead atoms. The highest BCUT2D eigenvalue weighted by Gasteiger charge is 2.08. The Kier molecular flexibility index (Phi) is 5.87. The number of carbonyl (C=O) groups is 1. The number of carbonyl (C=O) groups excluding carboxylic acids is 1. The van der Waals surface area contributed by atoms with Gasteiger partial charge in [0.05, 0.1) is 17.4 Å². The summed E-state index contributed by atoms with van der Waals surface area (Å²) >= 11 is 6.15. The van der Waals surface area contributed by atoms with E-state index in [1.807, 2.05) is 55.5 Å². The Morgan fingerprint density at radius 3 is 2.69 bits per heavy atom. The number of halogens is 1. The van der Waals surface area contributed by atoms with Crippen LogP contribution in [0.5, 0.6) is 0 Å². The van der Waals surface area contributed by atoms with Crippen LogP contribution in [0.1, 0.15) is 21.5 Å². The summed E-state index contributed by atoms with van der Waals surface area (Å²) in [6.07, 6.45) is 4.04. The lowest BCUT2D eigenvalue weighted by molar-refractivity contribution is 0.0954. The molecule has 0 saturated heterocycles. The minimum absolute atomic E-state index is 0.139. The van der Waals surface area contributed by atoms with Crippen LogP contribution in [0.25, 0.3) is 0 Å². The van der Waals surface area contributed by atoms with E-state index in [-0.39, 0.29) is 5.91 Å². The van der Waals surface area contributed by atoms with Crippen molar-refractivity contribution in [3.8, 4) is 0 Å². The Hall–Kier alpha value is -2.85. The minimum atomic E-state index is -0.139. The van der Waals surface area contributed by atoms with Crippen LogP contribution in [-0.2, 0) is 6.42 Å². The average Bonchev–Trinajstić information content (AvgIpc) is 2.66. The molecule has 3 rings (SSSR count). The monoisotopic (exact) mass is 365 g/mol. The molecule has 0 aliphatic carbocycles. The maximum atomic E-state index is 12.4.